The predicted molar refractivity (Wildman–Crippen MR) is 113 cm³/mol. The maximum Gasteiger partial charge on any atom is 0.243 e. The number of rotatable bonds is 7. The van der Waals surface area contributed by atoms with Crippen molar-refractivity contribution in [2.45, 2.75) is 57.9 Å². The number of hydrogen-bond donors (Lipinski definition) is 0. The van der Waals surface area contributed by atoms with Gasteiger partial charge >= 0.3 is 0 Å². The van der Waals surface area contributed by atoms with E-state index in [4.69, 9.17) is 5.10 Å². The number of hydrogen-bond acceptors (Lipinski definition) is 4. The predicted octanol–water partition coefficient (Wildman–Crippen LogP) is 3.71. The first-order chi connectivity index (χ1) is 13.4. The molecule has 7 heteroatoms. The summed E-state index contributed by atoms with van der Waals surface area (Å²) in [5, 5.41) is 5.85. The molecule has 1 atom stereocenters. The van der Waals surface area contributed by atoms with Crippen LogP contribution in [0.15, 0.2) is 23.1 Å². The van der Waals surface area contributed by atoms with Gasteiger partial charge in [-0.25, -0.2) is 8.42 Å². The number of nitrogens with zero attached hydrogens (tertiary/aromatic N) is 4. The van der Waals surface area contributed by atoms with Crippen LogP contribution in [0.25, 0.3) is 10.9 Å². The van der Waals surface area contributed by atoms with E-state index in [0.29, 0.717) is 29.8 Å². The Bertz CT molecular complexity index is 945. The highest BCUT2D eigenvalue weighted by atomic mass is 32.2. The van der Waals surface area contributed by atoms with Gasteiger partial charge in [-0.15, -0.1) is 0 Å². The lowest BCUT2D eigenvalue weighted by molar-refractivity contribution is 0.281. The van der Waals surface area contributed by atoms with Crippen molar-refractivity contribution in [3.05, 3.63) is 18.2 Å². The van der Waals surface area contributed by atoms with E-state index in [1.807, 2.05) is 12.1 Å². The van der Waals surface area contributed by atoms with Crippen LogP contribution in [0.1, 0.15) is 46.5 Å². The van der Waals surface area contributed by atoms with Crippen molar-refractivity contribution in [3.8, 4) is 0 Å². The van der Waals surface area contributed by atoms with Gasteiger partial charge in [0.2, 0.25) is 10.0 Å². The van der Waals surface area contributed by atoms with Crippen LogP contribution < -0.4 is 4.90 Å². The Kier molecular flexibility index (Phi) is 5.40. The summed E-state index contributed by atoms with van der Waals surface area (Å²) < 4.78 is 30.3. The molecule has 1 aliphatic carbocycles. The Hall–Kier alpha value is -1.60. The van der Waals surface area contributed by atoms with E-state index in [1.54, 1.807) is 10.4 Å². The van der Waals surface area contributed by atoms with Gasteiger partial charge in [-0.2, -0.15) is 9.40 Å². The third kappa shape index (κ3) is 3.66. The van der Waals surface area contributed by atoms with Crippen molar-refractivity contribution >= 4 is 26.7 Å². The summed E-state index contributed by atoms with van der Waals surface area (Å²) in [5.41, 5.74) is 1.04. The largest absolute Gasteiger partial charge is 0.355 e. The molecular formula is C21H32N4O2S. The zero-order valence-electron chi connectivity index (χ0n) is 17.3. The first-order valence-corrected chi connectivity index (χ1v) is 12.1. The summed E-state index contributed by atoms with van der Waals surface area (Å²) in [4.78, 5) is 2.61. The molecule has 1 aromatic heterocycles. The Morgan fingerprint density at radius 3 is 2.57 bits per heavy atom. The van der Waals surface area contributed by atoms with E-state index >= 15 is 0 Å². The minimum absolute atomic E-state index is 0.397. The molecule has 2 fully saturated rings. The average Bonchev–Trinajstić information content (AvgIpc) is 3.44. The van der Waals surface area contributed by atoms with E-state index < -0.39 is 10.0 Å². The van der Waals surface area contributed by atoms with Crippen molar-refractivity contribution in [1.29, 1.82) is 0 Å². The van der Waals surface area contributed by atoms with Crippen LogP contribution in [-0.2, 0) is 16.6 Å². The van der Waals surface area contributed by atoms with Gasteiger partial charge in [-0.1, -0.05) is 6.92 Å². The fourth-order valence-corrected chi connectivity index (χ4v) is 5.88. The van der Waals surface area contributed by atoms with Crippen LogP contribution in [0.4, 0.5) is 5.82 Å². The molecule has 4 rings (SSSR count). The van der Waals surface area contributed by atoms with E-state index in [9.17, 15) is 8.42 Å². The molecule has 28 heavy (non-hydrogen) atoms. The lowest BCUT2D eigenvalue weighted by Gasteiger charge is -2.30. The minimum Gasteiger partial charge on any atom is -0.355 e. The number of aromatic nitrogens is 2. The van der Waals surface area contributed by atoms with Crippen LogP contribution in [0.3, 0.4) is 0 Å². The lowest BCUT2D eigenvalue weighted by Crippen LogP contribution is -2.39. The molecule has 2 aromatic rings. The quantitative estimate of drug-likeness (QED) is 0.706. The van der Waals surface area contributed by atoms with Gasteiger partial charge in [0.15, 0.2) is 5.82 Å². The van der Waals surface area contributed by atoms with Crippen molar-refractivity contribution in [3.63, 3.8) is 0 Å². The summed E-state index contributed by atoms with van der Waals surface area (Å²) >= 11 is 0. The molecular weight excluding hydrogens is 372 g/mol. The highest BCUT2D eigenvalue weighted by molar-refractivity contribution is 7.89. The maximum absolute atomic E-state index is 13.3. The topological polar surface area (TPSA) is 58.4 Å². The second-order valence-electron chi connectivity index (χ2n) is 8.41. The van der Waals surface area contributed by atoms with Crippen LogP contribution in [-0.4, -0.2) is 48.7 Å². The Morgan fingerprint density at radius 2 is 1.93 bits per heavy atom. The van der Waals surface area contributed by atoms with E-state index in [1.165, 1.54) is 12.8 Å². The van der Waals surface area contributed by atoms with Crippen molar-refractivity contribution < 1.29 is 8.42 Å². The average molecular weight is 405 g/mol. The van der Waals surface area contributed by atoms with Gasteiger partial charge in [-0.3, -0.25) is 4.68 Å². The van der Waals surface area contributed by atoms with Gasteiger partial charge < -0.3 is 4.90 Å². The molecule has 2 heterocycles. The zero-order chi connectivity index (χ0) is 19.9. The molecule has 0 amide bonds. The van der Waals surface area contributed by atoms with E-state index in [2.05, 4.69) is 30.4 Å². The molecule has 1 unspecified atom stereocenters. The molecule has 0 radical (unpaired) electrons. The summed E-state index contributed by atoms with van der Waals surface area (Å²) in [6.45, 7) is 10.2. The second-order valence-corrected chi connectivity index (χ2v) is 10.3. The number of benzene rings is 1. The number of sulfonamides is 1. The zero-order valence-corrected chi connectivity index (χ0v) is 18.1. The summed E-state index contributed by atoms with van der Waals surface area (Å²) in [6, 6.07) is 5.58. The summed E-state index contributed by atoms with van der Waals surface area (Å²) in [6.07, 6.45) is 4.57. The smallest absolute Gasteiger partial charge is 0.243 e. The van der Waals surface area contributed by atoms with Crippen LogP contribution in [0.5, 0.6) is 0 Å². The van der Waals surface area contributed by atoms with Crippen molar-refractivity contribution in [2.75, 3.05) is 31.1 Å². The van der Waals surface area contributed by atoms with Crippen LogP contribution in [0.2, 0.25) is 0 Å². The number of anilines is 1. The normalized spacial score (nSPS) is 21.3. The van der Waals surface area contributed by atoms with Crippen LogP contribution >= 0.6 is 0 Å². The molecule has 0 spiro atoms. The Balaban J connectivity index is 1.77. The van der Waals surface area contributed by atoms with Gasteiger partial charge in [0, 0.05) is 38.1 Å². The minimum atomic E-state index is -3.47. The fraction of sp³-hybridized carbons (Fsp3) is 0.667. The second kappa shape index (κ2) is 7.67. The number of fused-ring (bicyclic) bond motifs is 1. The molecule has 1 aliphatic heterocycles. The fourth-order valence-electron chi connectivity index (χ4n) is 4.26. The van der Waals surface area contributed by atoms with Gasteiger partial charge in [0.25, 0.3) is 0 Å². The molecule has 0 N–H and O–H groups in total. The van der Waals surface area contributed by atoms with E-state index in [0.717, 1.165) is 49.2 Å². The SMILES string of the molecule is CCN(CC)c1nn(CC2CC2)c2ccc(S(=O)(=O)N3CCCC(C)C3)cc12. The summed E-state index contributed by atoms with van der Waals surface area (Å²) in [5.74, 6) is 2.04. The first-order valence-electron chi connectivity index (χ1n) is 10.7. The Morgan fingerprint density at radius 1 is 1.18 bits per heavy atom. The van der Waals surface area contributed by atoms with Gasteiger partial charge in [0.05, 0.1) is 10.4 Å². The lowest BCUT2D eigenvalue weighted by atomic mass is 10.0. The monoisotopic (exact) mass is 404 g/mol. The molecule has 154 valence electrons. The first kappa shape index (κ1) is 19.7. The molecule has 1 aromatic carbocycles. The number of piperidine rings is 1. The molecule has 6 nitrogen and oxygen atoms in total. The Labute approximate surface area is 168 Å². The molecule has 1 saturated heterocycles. The molecule has 2 aliphatic rings. The maximum atomic E-state index is 13.3. The highest BCUT2D eigenvalue weighted by Crippen LogP contribution is 2.35. The highest BCUT2D eigenvalue weighted by Gasteiger charge is 2.30. The van der Waals surface area contributed by atoms with Gasteiger partial charge in [-0.05, 0) is 69.6 Å². The van der Waals surface area contributed by atoms with Crippen LogP contribution in [0, 0.1) is 11.8 Å². The van der Waals surface area contributed by atoms with Gasteiger partial charge in [0.1, 0.15) is 0 Å². The van der Waals surface area contributed by atoms with Crippen molar-refractivity contribution in [2.24, 2.45) is 11.8 Å². The summed E-state index contributed by atoms with van der Waals surface area (Å²) in [7, 11) is -3.47. The standard InChI is InChI=1S/C21H32N4O2S/c1-4-23(5-2)21-19-13-18(28(26,27)24-12-6-7-16(3)14-24)10-11-20(19)25(22-21)15-17-8-9-17/h10-11,13,16-17H,4-9,12,14-15H2,1-3H3. The van der Waals surface area contributed by atoms with Crippen molar-refractivity contribution in [1.82, 2.24) is 14.1 Å². The van der Waals surface area contributed by atoms with E-state index in [-0.39, 0.29) is 0 Å². The third-order valence-electron chi connectivity index (χ3n) is 6.15. The third-order valence-corrected chi connectivity index (χ3v) is 8.01. The molecule has 1 saturated carbocycles. The molecule has 0 bridgehead atoms.